The first-order valence-corrected chi connectivity index (χ1v) is 8.59. The van der Waals surface area contributed by atoms with Gasteiger partial charge in [-0.2, -0.15) is 0 Å². The van der Waals surface area contributed by atoms with Crippen molar-refractivity contribution in [2.45, 2.75) is 39.0 Å². The second-order valence-electron chi connectivity index (χ2n) is 5.19. The Bertz CT molecular complexity index is 367. The lowest BCUT2D eigenvalue weighted by Gasteiger charge is -2.33. The Morgan fingerprint density at radius 1 is 1.20 bits per heavy atom. The lowest BCUT2D eigenvalue weighted by Crippen LogP contribution is -2.47. The van der Waals surface area contributed by atoms with Crippen LogP contribution in [0.5, 0.6) is 0 Å². The molecule has 1 fully saturated rings. The molecule has 0 heterocycles. The normalized spacial score (nSPS) is 19.1. The molecule has 0 aromatic carbocycles. The molecule has 1 rings (SSSR count). The van der Waals surface area contributed by atoms with E-state index in [1.807, 2.05) is 6.92 Å². The first-order valence-electron chi connectivity index (χ1n) is 7.10. The Morgan fingerprint density at radius 3 is 2.40 bits per heavy atom. The lowest BCUT2D eigenvalue weighted by atomic mass is 9.74. The molecule has 1 atom stereocenters. The molecule has 0 radical (unpaired) electrons. The number of carbonyl (C=O) groups is 2. The Hall–Kier alpha value is -1.11. The molecule has 3 N–H and O–H groups in total. The van der Waals surface area contributed by atoms with Crippen LogP contribution in [-0.4, -0.2) is 45.9 Å². The zero-order valence-electron chi connectivity index (χ0n) is 11.9. The highest BCUT2D eigenvalue weighted by Gasteiger charge is 2.39. The van der Waals surface area contributed by atoms with Crippen molar-refractivity contribution in [3.63, 3.8) is 0 Å². The number of aliphatic carboxylic acids is 1. The average Bonchev–Trinajstić information content (AvgIpc) is 2.45. The molecule has 1 aliphatic carbocycles. The Labute approximate surface area is 122 Å². The van der Waals surface area contributed by atoms with Gasteiger partial charge in [-0.05, 0) is 12.8 Å². The highest BCUT2D eigenvalue weighted by Crippen LogP contribution is 2.35. The van der Waals surface area contributed by atoms with Gasteiger partial charge in [0.25, 0.3) is 0 Å². The van der Waals surface area contributed by atoms with Crippen molar-refractivity contribution < 1.29 is 18.9 Å². The fourth-order valence-corrected chi connectivity index (χ4v) is 3.05. The highest BCUT2D eigenvalue weighted by molar-refractivity contribution is 7.84. The zero-order chi connectivity index (χ0) is 15.0. The minimum absolute atomic E-state index is 0.158. The summed E-state index contributed by atoms with van der Waals surface area (Å²) in [6, 6.07) is -0.385. The molecule has 20 heavy (non-hydrogen) atoms. The predicted octanol–water partition coefficient (Wildman–Crippen LogP) is 1.09. The summed E-state index contributed by atoms with van der Waals surface area (Å²) in [7, 11) is -0.904. The first-order chi connectivity index (χ1) is 9.50. The van der Waals surface area contributed by atoms with Gasteiger partial charge in [-0.1, -0.05) is 26.2 Å². The smallest absolute Gasteiger partial charge is 0.314 e. The third kappa shape index (κ3) is 5.11. The summed E-state index contributed by atoms with van der Waals surface area (Å²) in [5.74, 6) is 0.170. The van der Waals surface area contributed by atoms with E-state index in [2.05, 4.69) is 10.6 Å². The van der Waals surface area contributed by atoms with Crippen LogP contribution in [0.4, 0.5) is 4.79 Å². The monoisotopic (exact) mass is 304 g/mol. The maximum atomic E-state index is 11.6. The molecule has 0 aliphatic heterocycles. The van der Waals surface area contributed by atoms with Crippen molar-refractivity contribution in [2.75, 3.05) is 24.6 Å². The van der Waals surface area contributed by atoms with E-state index in [9.17, 15) is 18.9 Å². The molecule has 0 aromatic heterocycles. The maximum Gasteiger partial charge on any atom is 0.314 e. The van der Waals surface area contributed by atoms with E-state index in [0.717, 1.165) is 19.3 Å². The second-order valence-corrected chi connectivity index (χ2v) is 7.05. The van der Waals surface area contributed by atoms with Crippen LogP contribution in [0.2, 0.25) is 0 Å². The van der Waals surface area contributed by atoms with Crippen molar-refractivity contribution in [2.24, 2.45) is 5.41 Å². The lowest BCUT2D eigenvalue weighted by molar-refractivity contribution is -0.150. The summed E-state index contributed by atoms with van der Waals surface area (Å²) in [4.78, 5) is 23.0. The SMILES string of the molecule is CCS(=O)CCNC(=O)NCC1(C(=O)O)CCCCC1. The summed E-state index contributed by atoms with van der Waals surface area (Å²) >= 11 is 0. The zero-order valence-corrected chi connectivity index (χ0v) is 12.8. The standard InChI is InChI=1S/C13H24N2O4S/c1-2-20(19)9-8-14-12(18)15-10-13(11(16)17)6-4-3-5-7-13/h2-10H2,1H3,(H,16,17)(H2,14,15,18). The van der Waals surface area contributed by atoms with Crippen LogP contribution in [0.25, 0.3) is 0 Å². The largest absolute Gasteiger partial charge is 0.481 e. The summed E-state index contributed by atoms with van der Waals surface area (Å²) in [5, 5.41) is 14.6. The summed E-state index contributed by atoms with van der Waals surface area (Å²) in [5.41, 5.74) is -0.818. The van der Waals surface area contributed by atoms with Gasteiger partial charge in [-0.15, -0.1) is 0 Å². The molecule has 0 bridgehead atoms. The molecule has 0 aromatic rings. The molecule has 0 saturated heterocycles. The summed E-state index contributed by atoms with van der Waals surface area (Å²) in [6.45, 7) is 2.33. The van der Waals surface area contributed by atoms with Gasteiger partial charge in [-0.25, -0.2) is 4.79 Å². The van der Waals surface area contributed by atoms with Gasteiger partial charge < -0.3 is 15.7 Å². The average molecular weight is 304 g/mol. The minimum atomic E-state index is -0.904. The van der Waals surface area contributed by atoms with Crippen LogP contribution in [0.3, 0.4) is 0 Å². The minimum Gasteiger partial charge on any atom is -0.481 e. The Morgan fingerprint density at radius 2 is 1.85 bits per heavy atom. The van der Waals surface area contributed by atoms with E-state index < -0.39 is 22.2 Å². The number of carbonyl (C=O) groups excluding carboxylic acids is 1. The van der Waals surface area contributed by atoms with Crippen LogP contribution in [0.1, 0.15) is 39.0 Å². The number of nitrogens with one attached hydrogen (secondary N) is 2. The third-order valence-corrected chi connectivity index (χ3v) is 5.09. The molecule has 7 heteroatoms. The fourth-order valence-electron chi connectivity index (χ4n) is 2.43. The van der Waals surface area contributed by atoms with Crippen molar-refractivity contribution >= 4 is 22.8 Å². The van der Waals surface area contributed by atoms with E-state index in [1.165, 1.54) is 0 Å². The number of urea groups is 1. The highest BCUT2D eigenvalue weighted by atomic mass is 32.2. The second kappa shape index (κ2) is 8.24. The number of amides is 2. The van der Waals surface area contributed by atoms with Crippen molar-refractivity contribution in [3.05, 3.63) is 0 Å². The summed E-state index contributed by atoms with van der Waals surface area (Å²) in [6.07, 6.45) is 4.07. The molecule has 1 aliphatic rings. The van der Waals surface area contributed by atoms with Crippen LogP contribution in [0, 0.1) is 5.41 Å². The van der Waals surface area contributed by atoms with Crippen LogP contribution < -0.4 is 10.6 Å². The van der Waals surface area contributed by atoms with Crippen molar-refractivity contribution in [1.29, 1.82) is 0 Å². The molecule has 1 unspecified atom stereocenters. The van der Waals surface area contributed by atoms with E-state index in [-0.39, 0.29) is 12.6 Å². The van der Waals surface area contributed by atoms with E-state index in [0.29, 0.717) is 30.9 Å². The van der Waals surface area contributed by atoms with Gasteiger partial charge >= 0.3 is 12.0 Å². The van der Waals surface area contributed by atoms with Gasteiger partial charge in [0, 0.05) is 35.4 Å². The van der Waals surface area contributed by atoms with Crippen LogP contribution >= 0.6 is 0 Å². The van der Waals surface area contributed by atoms with Gasteiger partial charge in [0.2, 0.25) is 0 Å². The number of carboxylic acids is 1. The molecular weight excluding hydrogens is 280 g/mol. The molecule has 2 amide bonds. The maximum absolute atomic E-state index is 11.6. The van der Waals surface area contributed by atoms with Crippen LogP contribution in [0.15, 0.2) is 0 Å². The third-order valence-electron chi connectivity index (χ3n) is 3.79. The van der Waals surface area contributed by atoms with Gasteiger partial charge in [0.1, 0.15) is 0 Å². The van der Waals surface area contributed by atoms with Crippen molar-refractivity contribution in [1.82, 2.24) is 10.6 Å². The quantitative estimate of drug-likeness (QED) is 0.656. The van der Waals surface area contributed by atoms with E-state index in [4.69, 9.17) is 0 Å². The first kappa shape index (κ1) is 16.9. The predicted molar refractivity (Wildman–Crippen MR) is 78.1 cm³/mol. The number of rotatable bonds is 7. The number of hydrogen-bond acceptors (Lipinski definition) is 3. The molecule has 6 nitrogen and oxygen atoms in total. The number of hydrogen-bond donors (Lipinski definition) is 3. The van der Waals surface area contributed by atoms with Crippen molar-refractivity contribution in [3.8, 4) is 0 Å². The molecule has 0 spiro atoms. The van der Waals surface area contributed by atoms with Gasteiger partial charge in [0.15, 0.2) is 0 Å². The number of carboxylic acid groups (broad SMARTS) is 1. The molecular formula is C13H24N2O4S. The Balaban J connectivity index is 2.34. The van der Waals surface area contributed by atoms with E-state index >= 15 is 0 Å². The topological polar surface area (TPSA) is 95.5 Å². The van der Waals surface area contributed by atoms with Crippen LogP contribution in [-0.2, 0) is 15.6 Å². The van der Waals surface area contributed by atoms with Gasteiger partial charge in [0.05, 0.1) is 5.41 Å². The summed E-state index contributed by atoms with van der Waals surface area (Å²) < 4.78 is 11.2. The van der Waals surface area contributed by atoms with E-state index in [1.54, 1.807) is 0 Å². The van der Waals surface area contributed by atoms with Gasteiger partial charge in [-0.3, -0.25) is 9.00 Å². The Kier molecular flexibility index (Phi) is 6.98. The fraction of sp³-hybridized carbons (Fsp3) is 0.846. The molecule has 116 valence electrons. The molecule has 1 saturated carbocycles.